The number of nitrogens with zero attached hydrogens (tertiary/aromatic N) is 2. The van der Waals surface area contributed by atoms with Crippen LogP contribution in [0.1, 0.15) is 30.5 Å². The van der Waals surface area contributed by atoms with Gasteiger partial charge in [0.05, 0.1) is 39.6 Å². The Labute approximate surface area is 225 Å². The molecule has 2 heterocycles. The number of halogens is 1. The minimum atomic E-state index is -0.638. The molecule has 4 rings (SSSR count). The van der Waals surface area contributed by atoms with Gasteiger partial charge in [-0.3, -0.25) is 9.36 Å². The molecule has 3 aromatic rings. The van der Waals surface area contributed by atoms with Crippen LogP contribution in [-0.4, -0.2) is 31.4 Å². The number of thiazole rings is 1. The molecule has 1 aromatic heterocycles. The number of allylic oxidation sites excluding steroid dienone is 1. The minimum absolute atomic E-state index is 0.117. The van der Waals surface area contributed by atoms with Crippen molar-refractivity contribution in [2.45, 2.75) is 19.4 Å². The summed E-state index contributed by atoms with van der Waals surface area (Å²) in [6, 6.07) is 12.5. The van der Waals surface area contributed by atoms with E-state index >= 15 is 0 Å². The molecule has 1 aliphatic rings. The zero-order chi connectivity index (χ0) is 25.8. The van der Waals surface area contributed by atoms with E-state index in [1.807, 2.05) is 43.3 Å². The van der Waals surface area contributed by atoms with Crippen LogP contribution in [0, 0.1) is 15.9 Å². The third-order valence-corrected chi connectivity index (χ3v) is 7.40. The van der Waals surface area contributed by atoms with Gasteiger partial charge in [-0.1, -0.05) is 54.5 Å². The molecule has 0 saturated heterocycles. The summed E-state index contributed by atoms with van der Waals surface area (Å²) in [5, 5.41) is 0. The van der Waals surface area contributed by atoms with Crippen molar-refractivity contribution in [3.05, 3.63) is 88.1 Å². The highest BCUT2D eigenvalue weighted by atomic mass is 127. The predicted octanol–water partition coefficient (Wildman–Crippen LogP) is 3.42. The number of ether oxygens (including phenoxy) is 3. The van der Waals surface area contributed by atoms with Crippen LogP contribution in [0.5, 0.6) is 11.5 Å². The molecule has 0 amide bonds. The first-order valence-electron chi connectivity index (χ1n) is 11.0. The van der Waals surface area contributed by atoms with Crippen LogP contribution >= 0.6 is 33.9 Å². The Kier molecular flexibility index (Phi) is 7.96. The Hall–Kier alpha value is -3.36. The number of carbonyl (C=O) groups excluding carboxylic acids is 1. The number of fused-ring (bicyclic) bond motifs is 1. The van der Waals surface area contributed by atoms with Crippen LogP contribution in [0.3, 0.4) is 0 Å². The summed E-state index contributed by atoms with van der Waals surface area (Å²) in [7, 11) is 2.88. The molecule has 7 nitrogen and oxygen atoms in total. The maximum atomic E-state index is 13.7. The van der Waals surface area contributed by atoms with Crippen molar-refractivity contribution < 1.29 is 19.0 Å². The monoisotopic (exact) mass is 614 g/mol. The third kappa shape index (κ3) is 4.83. The summed E-state index contributed by atoms with van der Waals surface area (Å²) in [6.45, 7) is 2.04. The molecule has 9 heteroatoms. The van der Waals surface area contributed by atoms with E-state index in [9.17, 15) is 9.59 Å². The average molecular weight is 614 g/mol. The molecule has 1 aliphatic heterocycles. The SMILES string of the molecule is C#CCOc1c(I)cc(/C=c2\sc3n(c2=O)[C@@H](c2ccccc2)C(C(=O)OC)=C(CC)N=3)cc1OC. The molecule has 36 heavy (non-hydrogen) atoms. The predicted molar refractivity (Wildman–Crippen MR) is 147 cm³/mol. The van der Waals surface area contributed by atoms with E-state index in [4.69, 9.17) is 20.6 Å². The standard InChI is InChI=1S/C27H23IN2O5S/c1-5-12-35-24-18(28)13-16(14-20(24)33-3)15-21-25(31)30-23(17-10-8-7-9-11-17)22(26(32)34-4)19(6-2)29-27(30)36-21/h1,7-11,13-15,23H,6,12H2,2-4H3/b21-15-/t23-/m0/s1. The van der Waals surface area contributed by atoms with Gasteiger partial charge >= 0.3 is 5.97 Å². The van der Waals surface area contributed by atoms with E-state index in [0.717, 1.165) is 14.7 Å². The van der Waals surface area contributed by atoms with E-state index in [1.54, 1.807) is 23.8 Å². The van der Waals surface area contributed by atoms with Gasteiger partial charge in [-0.05, 0) is 58.3 Å². The maximum Gasteiger partial charge on any atom is 0.338 e. The fourth-order valence-electron chi connectivity index (χ4n) is 4.04. The van der Waals surface area contributed by atoms with Crippen molar-refractivity contribution in [2.24, 2.45) is 4.99 Å². The lowest BCUT2D eigenvalue weighted by atomic mass is 9.95. The summed E-state index contributed by atoms with van der Waals surface area (Å²) in [5.41, 5.74) is 2.29. The number of benzene rings is 2. The molecule has 1 atom stereocenters. The Balaban J connectivity index is 1.93. The first-order chi connectivity index (χ1) is 17.4. The fourth-order valence-corrected chi connectivity index (χ4v) is 5.84. The second-order valence-corrected chi connectivity index (χ2v) is 9.90. The first-order valence-corrected chi connectivity index (χ1v) is 12.9. The van der Waals surface area contributed by atoms with Crippen molar-refractivity contribution in [3.63, 3.8) is 0 Å². The summed E-state index contributed by atoms with van der Waals surface area (Å²) in [4.78, 5) is 31.8. The Morgan fingerprint density at radius 3 is 2.67 bits per heavy atom. The van der Waals surface area contributed by atoms with Gasteiger partial charge in [0.2, 0.25) is 0 Å². The van der Waals surface area contributed by atoms with Crippen LogP contribution in [0.2, 0.25) is 0 Å². The van der Waals surface area contributed by atoms with Gasteiger partial charge in [-0.2, -0.15) is 0 Å². The van der Waals surface area contributed by atoms with Gasteiger partial charge in [0, 0.05) is 0 Å². The normalized spacial score (nSPS) is 15.1. The molecule has 0 fully saturated rings. The third-order valence-electron chi connectivity index (χ3n) is 5.61. The van der Waals surface area contributed by atoms with Crippen LogP contribution < -0.4 is 24.4 Å². The number of terminal acetylenes is 1. The zero-order valence-electron chi connectivity index (χ0n) is 19.9. The van der Waals surface area contributed by atoms with Crippen molar-refractivity contribution in [3.8, 4) is 23.8 Å². The van der Waals surface area contributed by atoms with Crippen LogP contribution in [0.15, 0.2) is 63.5 Å². The lowest BCUT2D eigenvalue weighted by Crippen LogP contribution is -2.40. The van der Waals surface area contributed by atoms with Crippen LogP contribution in [0.4, 0.5) is 0 Å². The van der Waals surface area contributed by atoms with Crippen molar-refractivity contribution in [2.75, 3.05) is 20.8 Å². The van der Waals surface area contributed by atoms with Gasteiger partial charge in [0.1, 0.15) is 6.61 Å². The van der Waals surface area contributed by atoms with Crippen molar-refractivity contribution >= 4 is 46.0 Å². The number of methoxy groups -OCH3 is 2. The van der Waals surface area contributed by atoms with Gasteiger partial charge in [0.25, 0.3) is 5.56 Å². The molecule has 0 bridgehead atoms. The topological polar surface area (TPSA) is 79.1 Å². The Morgan fingerprint density at radius 2 is 2.03 bits per heavy atom. The molecular weight excluding hydrogens is 591 g/mol. The van der Waals surface area contributed by atoms with Crippen molar-refractivity contribution in [1.29, 1.82) is 0 Å². The van der Waals surface area contributed by atoms with E-state index in [2.05, 4.69) is 33.5 Å². The Morgan fingerprint density at radius 1 is 1.28 bits per heavy atom. The zero-order valence-corrected chi connectivity index (χ0v) is 22.9. The highest BCUT2D eigenvalue weighted by Crippen LogP contribution is 2.34. The number of rotatable bonds is 7. The van der Waals surface area contributed by atoms with Gasteiger partial charge in [-0.15, -0.1) is 6.42 Å². The van der Waals surface area contributed by atoms with E-state index in [1.165, 1.54) is 18.4 Å². The van der Waals surface area contributed by atoms with Crippen molar-refractivity contribution in [1.82, 2.24) is 4.57 Å². The van der Waals surface area contributed by atoms with Gasteiger partial charge in [0.15, 0.2) is 16.3 Å². The van der Waals surface area contributed by atoms with E-state index < -0.39 is 12.0 Å². The highest BCUT2D eigenvalue weighted by molar-refractivity contribution is 14.1. The molecule has 0 radical (unpaired) electrons. The summed E-state index contributed by atoms with van der Waals surface area (Å²) in [6.07, 6.45) is 7.63. The quantitative estimate of drug-likeness (QED) is 0.232. The number of carbonyl (C=O) groups is 1. The maximum absolute atomic E-state index is 13.7. The van der Waals surface area contributed by atoms with Crippen LogP contribution in [0.25, 0.3) is 6.08 Å². The summed E-state index contributed by atoms with van der Waals surface area (Å²) in [5.74, 6) is 3.01. The molecule has 2 aromatic carbocycles. The van der Waals surface area contributed by atoms with Gasteiger partial charge < -0.3 is 14.2 Å². The summed E-state index contributed by atoms with van der Waals surface area (Å²) >= 11 is 3.42. The fraction of sp³-hybridized carbons (Fsp3) is 0.222. The van der Waals surface area contributed by atoms with E-state index in [-0.39, 0.29) is 12.2 Å². The molecule has 0 saturated carbocycles. The smallest absolute Gasteiger partial charge is 0.338 e. The largest absolute Gasteiger partial charge is 0.493 e. The Bertz CT molecular complexity index is 1560. The summed E-state index contributed by atoms with van der Waals surface area (Å²) < 4.78 is 19.1. The van der Waals surface area contributed by atoms with E-state index in [0.29, 0.717) is 38.5 Å². The molecule has 184 valence electrons. The molecule has 0 N–H and O–H groups in total. The molecular formula is C27H23IN2O5S. The lowest BCUT2D eigenvalue weighted by molar-refractivity contribution is -0.136. The number of aromatic nitrogens is 1. The number of hydrogen-bond acceptors (Lipinski definition) is 7. The second kappa shape index (κ2) is 11.1. The molecule has 0 spiro atoms. The highest BCUT2D eigenvalue weighted by Gasteiger charge is 2.33. The van der Waals surface area contributed by atoms with Crippen LogP contribution in [-0.2, 0) is 9.53 Å². The minimum Gasteiger partial charge on any atom is -0.493 e. The lowest BCUT2D eigenvalue weighted by Gasteiger charge is -2.25. The average Bonchev–Trinajstić information content (AvgIpc) is 3.20. The molecule has 0 unspecified atom stereocenters. The second-order valence-electron chi connectivity index (χ2n) is 7.73. The number of esters is 1. The first kappa shape index (κ1) is 25.7. The number of hydrogen-bond donors (Lipinski definition) is 0. The molecule has 0 aliphatic carbocycles. The van der Waals surface area contributed by atoms with Gasteiger partial charge in [-0.25, -0.2) is 9.79 Å².